The quantitative estimate of drug-likeness (QED) is 0.761. The van der Waals surface area contributed by atoms with Crippen molar-refractivity contribution in [2.75, 3.05) is 29.9 Å². The Labute approximate surface area is 127 Å². The van der Waals surface area contributed by atoms with Crippen molar-refractivity contribution in [1.29, 1.82) is 0 Å². The highest BCUT2D eigenvalue weighted by atomic mass is 15.4. The standard InChI is InChI=1S/C14H16N8/c1-10-4-5-15-14(18-10)16-6-11-7-21(8-11)13-3-2-12-19-17-9-22(12)20-13/h2-5,9,11H,6-8H2,1H3,(H,15,16,18). The zero-order valence-electron chi connectivity index (χ0n) is 12.2. The normalized spacial score (nSPS) is 15.0. The summed E-state index contributed by atoms with van der Waals surface area (Å²) in [5.74, 6) is 2.22. The second kappa shape index (κ2) is 5.21. The molecule has 3 aromatic rings. The van der Waals surface area contributed by atoms with Crippen LogP contribution in [-0.4, -0.2) is 49.4 Å². The first kappa shape index (κ1) is 12.9. The van der Waals surface area contributed by atoms with Gasteiger partial charge in [0.2, 0.25) is 5.95 Å². The van der Waals surface area contributed by atoms with Gasteiger partial charge in [0.1, 0.15) is 12.1 Å². The Morgan fingerprint density at radius 3 is 3.05 bits per heavy atom. The molecule has 0 aliphatic carbocycles. The fourth-order valence-electron chi connectivity index (χ4n) is 2.54. The lowest BCUT2D eigenvalue weighted by molar-refractivity contribution is 0.424. The summed E-state index contributed by atoms with van der Waals surface area (Å²) < 4.78 is 1.70. The Hall–Kier alpha value is -2.77. The first-order valence-electron chi connectivity index (χ1n) is 7.23. The van der Waals surface area contributed by atoms with Crippen LogP contribution in [0.3, 0.4) is 0 Å². The Bertz CT molecular complexity index is 792. The van der Waals surface area contributed by atoms with Gasteiger partial charge in [0, 0.05) is 37.4 Å². The summed E-state index contributed by atoms with van der Waals surface area (Å²) in [5.41, 5.74) is 1.73. The van der Waals surface area contributed by atoms with Crippen molar-refractivity contribution in [3.63, 3.8) is 0 Å². The van der Waals surface area contributed by atoms with Crippen LogP contribution < -0.4 is 10.2 Å². The van der Waals surface area contributed by atoms with Crippen molar-refractivity contribution >= 4 is 17.4 Å². The Morgan fingerprint density at radius 1 is 1.27 bits per heavy atom. The molecule has 8 heteroatoms. The van der Waals surface area contributed by atoms with Crippen LogP contribution in [0.5, 0.6) is 0 Å². The third-order valence-corrected chi connectivity index (χ3v) is 3.77. The van der Waals surface area contributed by atoms with Crippen LogP contribution in [0.4, 0.5) is 11.8 Å². The molecule has 0 radical (unpaired) electrons. The van der Waals surface area contributed by atoms with Gasteiger partial charge in [-0.15, -0.1) is 15.3 Å². The molecular weight excluding hydrogens is 280 g/mol. The van der Waals surface area contributed by atoms with E-state index in [1.807, 2.05) is 25.1 Å². The molecule has 1 aliphatic heterocycles. The zero-order valence-corrected chi connectivity index (χ0v) is 12.2. The number of hydrogen-bond donors (Lipinski definition) is 1. The van der Waals surface area contributed by atoms with Gasteiger partial charge in [-0.1, -0.05) is 0 Å². The molecule has 0 atom stereocenters. The van der Waals surface area contributed by atoms with E-state index in [9.17, 15) is 0 Å². The van der Waals surface area contributed by atoms with Crippen molar-refractivity contribution in [1.82, 2.24) is 29.8 Å². The third-order valence-electron chi connectivity index (χ3n) is 3.77. The molecule has 8 nitrogen and oxygen atoms in total. The number of fused-ring (bicyclic) bond motifs is 1. The summed E-state index contributed by atoms with van der Waals surface area (Å²) in [4.78, 5) is 10.8. The van der Waals surface area contributed by atoms with Gasteiger partial charge in [0.15, 0.2) is 5.65 Å². The Balaban J connectivity index is 1.33. The van der Waals surface area contributed by atoms with Crippen molar-refractivity contribution in [2.45, 2.75) is 6.92 Å². The average Bonchev–Trinajstić information content (AvgIpc) is 2.93. The first-order valence-corrected chi connectivity index (χ1v) is 7.23. The topological polar surface area (TPSA) is 84.1 Å². The van der Waals surface area contributed by atoms with E-state index in [0.29, 0.717) is 11.9 Å². The summed E-state index contributed by atoms with van der Waals surface area (Å²) in [7, 11) is 0. The molecule has 0 bridgehead atoms. The van der Waals surface area contributed by atoms with E-state index in [2.05, 4.69) is 35.5 Å². The molecule has 4 rings (SSSR count). The summed E-state index contributed by atoms with van der Waals surface area (Å²) in [5, 5.41) is 15.6. The van der Waals surface area contributed by atoms with Crippen LogP contribution in [0, 0.1) is 12.8 Å². The fraction of sp³-hybridized carbons (Fsp3) is 0.357. The SMILES string of the molecule is Cc1ccnc(NCC2CN(c3ccc4nncn4n3)C2)n1. The van der Waals surface area contributed by atoms with Crippen LogP contribution in [0.15, 0.2) is 30.7 Å². The second-order valence-electron chi connectivity index (χ2n) is 5.50. The van der Waals surface area contributed by atoms with Crippen molar-refractivity contribution < 1.29 is 0 Å². The van der Waals surface area contributed by atoms with Gasteiger partial charge in [-0.05, 0) is 25.1 Å². The smallest absolute Gasteiger partial charge is 0.222 e. The largest absolute Gasteiger partial charge is 0.354 e. The van der Waals surface area contributed by atoms with E-state index in [0.717, 1.165) is 36.8 Å². The molecule has 4 heterocycles. The van der Waals surface area contributed by atoms with Crippen LogP contribution in [0.25, 0.3) is 5.65 Å². The van der Waals surface area contributed by atoms with E-state index in [1.54, 1.807) is 17.0 Å². The number of aromatic nitrogens is 6. The molecule has 0 unspecified atom stereocenters. The van der Waals surface area contributed by atoms with Gasteiger partial charge in [-0.3, -0.25) is 0 Å². The lowest BCUT2D eigenvalue weighted by Crippen LogP contribution is -2.50. The highest BCUT2D eigenvalue weighted by Crippen LogP contribution is 2.22. The summed E-state index contributed by atoms with van der Waals surface area (Å²) in [6, 6.07) is 5.81. The average molecular weight is 296 g/mol. The lowest BCUT2D eigenvalue weighted by atomic mass is 10.0. The monoisotopic (exact) mass is 296 g/mol. The van der Waals surface area contributed by atoms with E-state index in [1.165, 1.54) is 0 Å². The van der Waals surface area contributed by atoms with Crippen LogP contribution in [0.2, 0.25) is 0 Å². The Kier molecular flexibility index (Phi) is 3.06. The molecule has 1 aliphatic rings. The number of aryl methyl sites for hydroxylation is 1. The molecule has 22 heavy (non-hydrogen) atoms. The lowest BCUT2D eigenvalue weighted by Gasteiger charge is -2.40. The van der Waals surface area contributed by atoms with Crippen molar-refractivity contribution in [3.05, 3.63) is 36.4 Å². The van der Waals surface area contributed by atoms with Gasteiger partial charge in [0.25, 0.3) is 0 Å². The predicted octanol–water partition coefficient (Wildman–Crippen LogP) is 0.771. The number of nitrogens with one attached hydrogen (secondary N) is 1. The molecular formula is C14H16N8. The first-order chi connectivity index (χ1) is 10.8. The predicted molar refractivity (Wildman–Crippen MR) is 81.7 cm³/mol. The summed E-state index contributed by atoms with van der Waals surface area (Å²) in [6.45, 7) is 4.78. The molecule has 0 saturated carbocycles. The third kappa shape index (κ3) is 2.43. The van der Waals surface area contributed by atoms with E-state index < -0.39 is 0 Å². The molecule has 1 saturated heterocycles. The minimum absolute atomic E-state index is 0.572. The number of rotatable bonds is 4. The van der Waals surface area contributed by atoms with Gasteiger partial charge in [0.05, 0.1) is 0 Å². The minimum Gasteiger partial charge on any atom is -0.354 e. The molecule has 112 valence electrons. The highest BCUT2D eigenvalue weighted by molar-refractivity contribution is 5.47. The molecule has 0 spiro atoms. The minimum atomic E-state index is 0.572. The molecule has 1 N–H and O–H groups in total. The van der Waals surface area contributed by atoms with Crippen molar-refractivity contribution in [3.8, 4) is 0 Å². The Morgan fingerprint density at radius 2 is 2.18 bits per heavy atom. The van der Waals surface area contributed by atoms with E-state index in [-0.39, 0.29) is 0 Å². The maximum Gasteiger partial charge on any atom is 0.222 e. The summed E-state index contributed by atoms with van der Waals surface area (Å²) in [6.07, 6.45) is 3.39. The molecule has 1 fully saturated rings. The van der Waals surface area contributed by atoms with Gasteiger partial charge >= 0.3 is 0 Å². The van der Waals surface area contributed by atoms with Crippen LogP contribution >= 0.6 is 0 Å². The molecule has 0 amide bonds. The van der Waals surface area contributed by atoms with Gasteiger partial charge in [-0.25, -0.2) is 9.97 Å². The van der Waals surface area contributed by atoms with E-state index in [4.69, 9.17) is 0 Å². The number of anilines is 2. The summed E-state index contributed by atoms with van der Waals surface area (Å²) >= 11 is 0. The van der Waals surface area contributed by atoms with Crippen LogP contribution in [0.1, 0.15) is 5.69 Å². The maximum absolute atomic E-state index is 4.49. The zero-order chi connectivity index (χ0) is 14.9. The van der Waals surface area contributed by atoms with Crippen LogP contribution in [-0.2, 0) is 0 Å². The molecule has 0 aromatic carbocycles. The van der Waals surface area contributed by atoms with Gasteiger partial charge < -0.3 is 10.2 Å². The number of nitrogens with zero attached hydrogens (tertiary/aromatic N) is 7. The molecule has 3 aromatic heterocycles. The van der Waals surface area contributed by atoms with E-state index >= 15 is 0 Å². The highest BCUT2D eigenvalue weighted by Gasteiger charge is 2.28. The van der Waals surface area contributed by atoms with Crippen molar-refractivity contribution in [2.24, 2.45) is 5.92 Å². The maximum atomic E-state index is 4.49. The number of hydrogen-bond acceptors (Lipinski definition) is 7. The van der Waals surface area contributed by atoms with Gasteiger partial charge in [-0.2, -0.15) is 4.52 Å². The fourth-order valence-corrected chi connectivity index (χ4v) is 2.54. The second-order valence-corrected chi connectivity index (χ2v) is 5.50.